The highest BCUT2D eigenvalue weighted by Crippen LogP contribution is 2.22. The van der Waals surface area contributed by atoms with Crippen LogP contribution in [-0.2, 0) is 14.8 Å². The Kier molecular flexibility index (Phi) is 6.24. The van der Waals surface area contributed by atoms with E-state index in [2.05, 4.69) is 10.5 Å². The molecule has 1 N–H and O–H groups in total. The Balaban J connectivity index is 2.13. The molecule has 142 valence electrons. The number of nitrogens with zero attached hydrogens (tertiary/aromatic N) is 3. The minimum Gasteiger partial charge on any atom is -0.271 e. The average Bonchev–Trinajstić information content (AvgIpc) is 2.59. The summed E-state index contributed by atoms with van der Waals surface area (Å²) >= 11 is 0. The van der Waals surface area contributed by atoms with Gasteiger partial charge in [0, 0.05) is 12.1 Å². The van der Waals surface area contributed by atoms with Crippen molar-refractivity contribution in [3.63, 3.8) is 0 Å². The number of nitro groups is 1. The first-order valence-corrected chi connectivity index (χ1v) is 9.62. The molecule has 0 saturated carbocycles. The van der Waals surface area contributed by atoms with Gasteiger partial charge in [-0.05, 0) is 18.6 Å². The topological polar surface area (TPSA) is 122 Å². The molecule has 0 atom stereocenters. The number of hydrogen-bond acceptors (Lipinski definition) is 6. The predicted molar refractivity (Wildman–Crippen MR) is 102 cm³/mol. The Bertz CT molecular complexity index is 988. The van der Waals surface area contributed by atoms with Crippen LogP contribution < -0.4 is 9.73 Å². The molecule has 9 nitrogen and oxygen atoms in total. The van der Waals surface area contributed by atoms with Crippen molar-refractivity contribution in [1.82, 2.24) is 5.43 Å². The standard InChI is InChI=1S/C17H18N4O5S/c1-13-5-3-6-14(9-13)11-18-19-17(22)12-20(27(2,25)26)15-7-4-8-16(10-15)21(23)24/h3-11H,12H2,1-2H3,(H,19,22)/b18-11-. The van der Waals surface area contributed by atoms with Gasteiger partial charge in [-0.25, -0.2) is 13.8 Å². The number of hydrogen-bond donors (Lipinski definition) is 1. The van der Waals surface area contributed by atoms with Crippen molar-refractivity contribution in [2.45, 2.75) is 6.92 Å². The van der Waals surface area contributed by atoms with Crippen LogP contribution in [-0.4, -0.2) is 38.3 Å². The third-order valence-corrected chi connectivity index (χ3v) is 4.60. The molecular formula is C17H18N4O5S. The van der Waals surface area contributed by atoms with Crippen LogP contribution in [0.25, 0.3) is 0 Å². The first kappa shape index (κ1) is 20.0. The maximum absolute atomic E-state index is 12.1. The summed E-state index contributed by atoms with van der Waals surface area (Å²) in [6.07, 6.45) is 2.35. The maximum atomic E-state index is 12.1. The fourth-order valence-electron chi connectivity index (χ4n) is 2.26. The van der Waals surface area contributed by atoms with Crippen molar-refractivity contribution in [2.24, 2.45) is 5.10 Å². The monoisotopic (exact) mass is 390 g/mol. The molecule has 0 spiro atoms. The molecule has 0 fully saturated rings. The Morgan fingerprint density at radius 2 is 1.96 bits per heavy atom. The quantitative estimate of drug-likeness (QED) is 0.439. The van der Waals surface area contributed by atoms with E-state index in [1.54, 1.807) is 6.07 Å². The van der Waals surface area contributed by atoms with Crippen molar-refractivity contribution in [2.75, 3.05) is 17.1 Å². The SMILES string of the molecule is Cc1cccc(/C=N\NC(=O)CN(c2cccc([N+](=O)[O-])c2)S(C)(=O)=O)c1. The lowest BCUT2D eigenvalue weighted by Crippen LogP contribution is -2.39. The van der Waals surface area contributed by atoms with Crippen LogP contribution in [0.2, 0.25) is 0 Å². The number of rotatable bonds is 7. The van der Waals surface area contributed by atoms with Crippen LogP contribution in [0, 0.1) is 17.0 Å². The number of nitrogens with one attached hydrogen (secondary N) is 1. The number of nitro benzene ring substituents is 1. The molecule has 1 amide bonds. The molecular weight excluding hydrogens is 372 g/mol. The van der Waals surface area contributed by atoms with Gasteiger partial charge in [-0.1, -0.05) is 35.9 Å². The van der Waals surface area contributed by atoms with Crippen LogP contribution in [0.1, 0.15) is 11.1 Å². The van der Waals surface area contributed by atoms with Crippen LogP contribution in [0.3, 0.4) is 0 Å². The zero-order valence-electron chi connectivity index (χ0n) is 14.7. The molecule has 0 heterocycles. The van der Waals surface area contributed by atoms with Crippen LogP contribution in [0.5, 0.6) is 0 Å². The van der Waals surface area contributed by atoms with Crippen molar-refractivity contribution >= 4 is 33.5 Å². The average molecular weight is 390 g/mol. The van der Waals surface area contributed by atoms with E-state index in [1.807, 2.05) is 25.1 Å². The molecule has 0 aromatic heterocycles. The van der Waals surface area contributed by atoms with Gasteiger partial charge in [-0.3, -0.25) is 19.2 Å². The summed E-state index contributed by atoms with van der Waals surface area (Å²) in [6, 6.07) is 12.5. The molecule has 0 unspecified atom stereocenters. The second-order valence-corrected chi connectivity index (χ2v) is 7.66. The number of sulfonamides is 1. The summed E-state index contributed by atoms with van der Waals surface area (Å²) in [5, 5.41) is 14.7. The van der Waals surface area contributed by atoms with E-state index in [1.165, 1.54) is 24.4 Å². The fourth-order valence-corrected chi connectivity index (χ4v) is 3.11. The predicted octanol–water partition coefficient (Wildman–Crippen LogP) is 1.82. The molecule has 0 aliphatic heterocycles. The smallest absolute Gasteiger partial charge is 0.271 e. The molecule has 0 aliphatic rings. The summed E-state index contributed by atoms with van der Waals surface area (Å²) in [5.41, 5.74) is 3.79. The minimum absolute atomic E-state index is 0.0181. The van der Waals surface area contributed by atoms with E-state index in [0.717, 1.165) is 27.8 Å². The molecule has 27 heavy (non-hydrogen) atoms. The first-order chi connectivity index (χ1) is 12.7. The van der Waals surface area contributed by atoms with Gasteiger partial charge in [0.25, 0.3) is 11.6 Å². The first-order valence-electron chi connectivity index (χ1n) is 7.77. The largest absolute Gasteiger partial charge is 0.271 e. The van der Waals surface area contributed by atoms with Gasteiger partial charge in [-0.2, -0.15) is 5.10 Å². The Labute approximate surface area is 156 Å². The number of anilines is 1. The van der Waals surface area contributed by atoms with Gasteiger partial charge in [0.1, 0.15) is 6.54 Å². The number of non-ortho nitro benzene ring substituents is 1. The van der Waals surface area contributed by atoms with Gasteiger partial charge in [0.2, 0.25) is 10.0 Å². The lowest BCUT2D eigenvalue weighted by molar-refractivity contribution is -0.384. The van der Waals surface area contributed by atoms with Gasteiger partial charge >= 0.3 is 0 Å². The molecule has 0 bridgehead atoms. The fraction of sp³-hybridized carbons (Fsp3) is 0.176. The molecule has 2 aromatic rings. The van der Waals surface area contributed by atoms with Crippen LogP contribution in [0.15, 0.2) is 53.6 Å². The lowest BCUT2D eigenvalue weighted by atomic mass is 10.2. The van der Waals surface area contributed by atoms with E-state index in [0.29, 0.717) is 0 Å². The normalized spacial score (nSPS) is 11.3. The highest BCUT2D eigenvalue weighted by molar-refractivity contribution is 7.92. The highest BCUT2D eigenvalue weighted by Gasteiger charge is 2.22. The second-order valence-electron chi connectivity index (χ2n) is 5.75. The van der Waals surface area contributed by atoms with Crippen molar-refractivity contribution in [3.8, 4) is 0 Å². The van der Waals surface area contributed by atoms with Crippen molar-refractivity contribution in [1.29, 1.82) is 0 Å². The lowest BCUT2D eigenvalue weighted by Gasteiger charge is -2.21. The summed E-state index contributed by atoms with van der Waals surface area (Å²) in [5.74, 6) is -0.684. The zero-order valence-corrected chi connectivity index (χ0v) is 15.5. The van der Waals surface area contributed by atoms with E-state index in [-0.39, 0.29) is 11.4 Å². The van der Waals surface area contributed by atoms with E-state index < -0.39 is 27.4 Å². The van der Waals surface area contributed by atoms with Gasteiger partial charge < -0.3 is 0 Å². The maximum Gasteiger partial charge on any atom is 0.271 e. The Hall–Kier alpha value is -3.27. The van der Waals surface area contributed by atoms with Gasteiger partial charge in [0.05, 0.1) is 23.1 Å². The molecule has 0 radical (unpaired) electrons. The summed E-state index contributed by atoms with van der Waals surface area (Å²) in [7, 11) is -3.84. The number of hydrazone groups is 1. The molecule has 10 heteroatoms. The number of amides is 1. The van der Waals surface area contributed by atoms with E-state index in [9.17, 15) is 23.3 Å². The number of carbonyl (C=O) groups is 1. The molecule has 2 aromatic carbocycles. The second kappa shape index (κ2) is 8.41. The van der Waals surface area contributed by atoms with E-state index in [4.69, 9.17) is 0 Å². The van der Waals surface area contributed by atoms with Gasteiger partial charge in [-0.15, -0.1) is 0 Å². The third kappa shape index (κ3) is 5.89. The number of benzene rings is 2. The minimum atomic E-state index is -3.84. The molecule has 0 saturated heterocycles. The third-order valence-electron chi connectivity index (χ3n) is 3.46. The molecule has 2 rings (SSSR count). The van der Waals surface area contributed by atoms with E-state index >= 15 is 0 Å². The summed E-state index contributed by atoms with van der Waals surface area (Å²) < 4.78 is 24.8. The molecule has 0 aliphatic carbocycles. The van der Waals surface area contributed by atoms with Gasteiger partial charge in [0.15, 0.2) is 0 Å². The zero-order chi connectivity index (χ0) is 20.0. The van der Waals surface area contributed by atoms with Crippen LogP contribution >= 0.6 is 0 Å². The Morgan fingerprint density at radius 3 is 2.59 bits per heavy atom. The number of aryl methyl sites for hydroxylation is 1. The van der Waals surface area contributed by atoms with Crippen molar-refractivity contribution in [3.05, 3.63) is 69.8 Å². The van der Waals surface area contributed by atoms with Crippen LogP contribution in [0.4, 0.5) is 11.4 Å². The summed E-state index contributed by atoms with van der Waals surface area (Å²) in [6.45, 7) is 1.35. The van der Waals surface area contributed by atoms with Crippen molar-refractivity contribution < 1.29 is 18.1 Å². The number of carbonyl (C=O) groups excluding carboxylic acids is 1. The highest BCUT2D eigenvalue weighted by atomic mass is 32.2. The Morgan fingerprint density at radius 1 is 1.26 bits per heavy atom. The summed E-state index contributed by atoms with van der Waals surface area (Å²) in [4.78, 5) is 22.3.